The summed E-state index contributed by atoms with van der Waals surface area (Å²) in [7, 11) is 0. The van der Waals surface area contributed by atoms with Gasteiger partial charge in [-0.3, -0.25) is 0 Å². The molecule has 0 saturated heterocycles. The zero-order chi connectivity index (χ0) is 11.0. The van der Waals surface area contributed by atoms with Crippen molar-refractivity contribution in [3.63, 3.8) is 0 Å². The molecule has 0 aromatic carbocycles. The first kappa shape index (κ1) is 9.50. The molecule has 0 aliphatic heterocycles. The first-order valence-electron chi connectivity index (χ1n) is 4.94. The summed E-state index contributed by atoms with van der Waals surface area (Å²) in [6.07, 6.45) is 5.34. The van der Waals surface area contributed by atoms with Gasteiger partial charge in [-0.15, -0.1) is 11.3 Å². The Kier molecular flexibility index (Phi) is 2.19. The van der Waals surface area contributed by atoms with Crippen molar-refractivity contribution in [3.8, 4) is 10.4 Å². The van der Waals surface area contributed by atoms with Gasteiger partial charge in [-0.25, -0.2) is 9.97 Å². The number of nitrogens with one attached hydrogen (secondary N) is 1. The molecular weight excluding hydrogens is 220 g/mol. The Labute approximate surface area is 96.2 Å². The number of aromatic nitrogens is 3. The van der Waals surface area contributed by atoms with E-state index in [-0.39, 0.29) is 0 Å². The van der Waals surface area contributed by atoms with Crippen LogP contribution in [0.2, 0.25) is 0 Å². The number of nitrogens with two attached hydrogens (primary N) is 1. The molecule has 5 heteroatoms. The summed E-state index contributed by atoms with van der Waals surface area (Å²) in [6.45, 7) is 0.587. The van der Waals surface area contributed by atoms with Crippen molar-refractivity contribution in [2.45, 2.75) is 6.54 Å². The molecule has 0 radical (unpaired) electrons. The van der Waals surface area contributed by atoms with Crippen molar-refractivity contribution in [2.75, 3.05) is 0 Å². The summed E-state index contributed by atoms with van der Waals surface area (Å²) >= 11 is 1.70. The maximum Gasteiger partial charge on any atom is 0.141 e. The van der Waals surface area contributed by atoms with E-state index in [9.17, 15) is 0 Å². The highest BCUT2D eigenvalue weighted by Crippen LogP contribution is 2.32. The van der Waals surface area contributed by atoms with Crippen LogP contribution in [0, 0.1) is 0 Å². The number of hydrogen-bond acceptors (Lipinski definition) is 4. The predicted molar refractivity (Wildman–Crippen MR) is 65.1 cm³/mol. The van der Waals surface area contributed by atoms with E-state index in [1.165, 1.54) is 9.75 Å². The van der Waals surface area contributed by atoms with Crippen LogP contribution in [-0.4, -0.2) is 15.0 Å². The Morgan fingerprint density at radius 1 is 1.38 bits per heavy atom. The van der Waals surface area contributed by atoms with Crippen LogP contribution in [0.4, 0.5) is 0 Å². The van der Waals surface area contributed by atoms with Gasteiger partial charge in [0.05, 0.1) is 0 Å². The topological polar surface area (TPSA) is 67.6 Å². The highest BCUT2D eigenvalue weighted by molar-refractivity contribution is 7.15. The lowest BCUT2D eigenvalue weighted by Gasteiger charge is -1.93. The lowest BCUT2D eigenvalue weighted by molar-refractivity contribution is 1.11. The second kappa shape index (κ2) is 3.70. The van der Waals surface area contributed by atoms with Gasteiger partial charge >= 0.3 is 0 Å². The molecule has 3 aromatic heterocycles. The molecule has 0 atom stereocenters. The molecule has 4 nitrogen and oxygen atoms in total. The van der Waals surface area contributed by atoms with Crippen molar-refractivity contribution in [1.82, 2.24) is 15.0 Å². The van der Waals surface area contributed by atoms with Crippen molar-refractivity contribution in [3.05, 3.63) is 35.7 Å². The van der Waals surface area contributed by atoms with E-state index in [2.05, 4.69) is 27.1 Å². The lowest BCUT2D eigenvalue weighted by Crippen LogP contribution is -1.90. The molecule has 0 aliphatic carbocycles. The summed E-state index contributed by atoms with van der Waals surface area (Å²) in [5.74, 6) is 0. The van der Waals surface area contributed by atoms with Gasteiger partial charge in [0, 0.05) is 39.6 Å². The average Bonchev–Trinajstić information content (AvgIpc) is 2.94. The third-order valence-electron chi connectivity index (χ3n) is 2.48. The number of nitrogens with zero attached hydrogens (tertiary/aromatic N) is 2. The summed E-state index contributed by atoms with van der Waals surface area (Å²) in [5.41, 5.74) is 7.61. The fraction of sp³-hybridized carbons (Fsp3) is 0.0909. The molecule has 0 unspecified atom stereocenters. The van der Waals surface area contributed by atoms with Crippen LogP contribution in [0.25, 0.3) is 21.5 Å². The van der Waals surface area contributed by atoms with Crippen molar-refractivity contribution < 1.29 is 0 Å². The first-order valence-corrected chi connectivity index (χ1v) is 5.76. The Hall–Kier alpha value is -1.72. The van der Waals surface area contributed by atoms with E-state index in [1.807, 2.05) is 12.4 Å². The lowest BCUT2D eigenvalue weighted by atomic mass is 10.2. The third-order valence-corrected chi connectivity index (χ3v) is 3.62. The van der Waals surface area contributed by atoms with Crippen LogP contribution < -0.4 is 5.73 Å². The Balaban J connectivity index is 2.18. The fourth-order valence-electron chi connectivity index (χ4n) is 1.70. The number of rotatable bonds is 2. The van der Waals surface area contributed by atoms with Crippen LogP contribution >= 0.6 is 11.3 Å². The molecule has 3 aromatic rings. The monoisotopic (exact) mass is 230 g/mol. The van der Waals surface area contributed by atoms with Gasteiger partial charge in [0.15, 0.2) is 0 Å². The van der Waals surface area contributed by atoms with Gasteiger partial charge < -0.3 is 10.7 Å². The minimum Gasteiger partial charge on any atom is -0.345 e. The highest BCUT2D eigenvalue weighted by atomic mass is 32.1. The minimum atomic E-state index is 0.587. The Morgan fingerprint density at radius 3 is 3.12 bits per heavy atom. The molecular formula is C11H10N4S. The molecule has 0 bridgehead atoms. The summed E-state index contributed by atoms with van der Waals surface area (Å²) in [5, 5.41) is 1.05. The van der Waals surface area contributed by atoms with Crippen molar-refractivity contribution in [1.29, 1.82) is 0 Å². The van der Waals surface area contributed by atoms with E-state index in [0.717, 1.165) is 16.6 Å². The van der Waals surface area contributed by atoms with Gasteiger partial charge in [-0.05, 0) is 12.1 Å². The van der Waals surface area contributed by atoms with Crippen molar-refractivity contribution in [2.24, 2.45) is 5.73 Å². The number of thiophene rings is 1. The minimum absolute atomic E-state index is 0.587. The van der Waals surface area contributed by atoms with E-state index in [0.29, 0.717) is 6.54 Å². The third kappa shape index (κ3) is 1.41. The SMILES string of the molecule is NCc1ccc(-c2c[nH]c3ncncc23)s1. The summed E-state index contributed by atoms with van der Waals surface area (Å²) in [4.78, 5) is 13.7. The fourth-order valence-corrected chi connectivity index (χ4v) is 2.61. The smallest absolute Gasteiger partial charge is 0.141 e. The number of aromatic amines is 1. The molecule has 0 saturated carbocycles. The zero-order valence-corrected chi connectivity index (χ0v) is 9.29. The standard InChI is InChI=1S/C11H10N4S/c12-3-7-1-2-10(16-7)8-5-14-11-9(8)4-13-6-15-11/h1-2,4-6H,3,12H2,(H,13,14,15). The largest absolute Gasteiger partial charge is 0.345 e. The maximum absolute atomic E-state index is 5.61. The predicted octanol–water partition coefficient (Wildman–Crippen LogP) is 2.15. The van der Waals surface area contributed by atoms with Crippen LogP contribution in [0.15, 0.2) is 30.9 Å². The summed E-state index contributed by atoms with van der Waals surface area (Å²) < 4.78 is 0. The van der Waals surface area contributed by atoms with Crippen LogP contribution in [0.1, 0.15) is 4.88 Å². The maximum atomic E-state index is 5.61. The quantitative estimate of drug-likeness (QED) is 0.708. The van der Waals surface area contributed by atoms with Gasteiger partial charge in [0.1, 0.15) is 12.0 Å². The van der Waals surface area contributed by atoms with E-state index >= 15 is 0 Å². The number of hydrogen-bond donors (Lipinski definition) is 2. The Bertz CT molecular complexity index is 625. The molecule has 0 aliphatic rings. The Morgan fingerprint density at radius 2 is 2.31 bits per heavy atom. The van der Waals surface area contributed by atoms with Crippen LogP contribution in [0.3, 0.4) is 0 Å². The van der Waals surface area contributed by atoms with Crippen LogP contribution in [-0.2, 0) is 6.54 Å². The normalized spacial score (nSPS) is 11.1. The first-order chi connectivity index (χ1) is 7.88. The molecule has 80 valence electrons. The van der Waals surface area contributed by atoms with Crippen molar-refractivity contribution >= 4 is 22.4 Å². The van der Waals surface area contributed by atoms with Gasteiger partial charge in [-0.2, -0.15) is 0 Å². The molecule has 0 fully saturated rings. The molecule has 3 heterocycles. The molecule has 0 spiro atoms. The van der Waals surface area contributed by atoms with Crippen LogP contribution in [0.5, 0.6) is 0 Å². The molecule has 3 rings (SSSR count). The highest BCUT2D eigenvalue weighted by Gasteiger charge is 2.08. The molecule has 3 N–H and O–H groups in total. The summed E-state index contributed by atoms with van der Waals surface area (Å²) in [6, 6.07) is 4.14. The van der Waals surface area contributed by atoms with E-state index in [4.69, 9.17) is 5.73 Å². The van der Waals surface area contributed by atoms with Gasteiger partial charge in [0.25, 0.3) is 0 Å². The average molecular weight is 230 g/mol. The molecule has 16 heavy (non-hydrogen) atoms. The second-order valence-corrected chi connectivity index (χ2v) is 4.63. The van der Waals surface area contributed by atoms with E-state index in [1.54, 1.807) is 17.7 Å². The molecule has 0 amide bonds. The van der Waals surface area contributed by atoms with E-state index < -0.39 is 0 Å². The van der Waals surface area contributed by atoms with Gasteiger partial charge in [0.2, 0.25) is 0 Å². The second-order valence-electron chi connectivity index (χ2n) is 3.46. The number of fused-ring (bicyclic) bond motifs is 1. The van der Waals surface area contributed by atoms with Gasteiger partial charge in [-0.1, -0.05) is 0 Å². The number of H-pyrrole nitrogens is 1. The zero-order valence-electron chi connectivity index (χ0n) is 8.47.